The molecule has 40 heavy (non-hydrogen) atoms. The maximum absolute atomic E-state index is 13.3. The van der Waals surface area contributed by atoms with E-state index in [9.17, 15) is 14.0 Å². The maximum atomic E-state index is 13.3. The van der Waals surface area contributed by atoms with E-state index in [1.807, 2.05) is 49.3 Å². The smallest absolute Gasteiger partial charge is 0.256 e. The normalized spacial score (nSPS) is 12.5. The van der Waals surface area contributed by atoms with Crippen LogP contribution in [-0.2, 0) is 22.7 Å². The third-order valence-electron chi connectivity index (χ3n) is 6.89. The summed E-state index contributed by atoms with van der Waals surface area (Å²) in [4.78, 5) is 26.3. The fourth-order valence-corrected chi connectivity index (χ4v) is 4.55. The lowest BCUT2D eigenvalue weighted by atomic mass is 10.0. The summed E-state index contributed by atoms with van der Waals surface area (Å²) in [6, 6.07) is 20.9. The van der Waals surface area contributed by atoms with Crippen LogP contribution in [0.15, 0.2) is 66.7 Å². The van der Waals surface area contributed by atoms with Gasteiger partial charge in [0.2, 0.25) is 0 Å². The molecule has 0 unspecified atom stereocenters. The Labute approximate surface area is 237 Å². The first kappa shape index (κ1) is 30.9. The average molecular weight is 548 g/mol. The number of aryl methyl sites for hydroxylation is 1. The van der Waals surface area contributed by atoms with Crippen LogP contribution in [0.4, 0.5) is 10.1 Å². The Bertz CT molecular complexity index is 1220. The van der Waals surface area contributed by atoms with E-state index >= 15 is 0 Å². The van der Waals surface area contributed by atoms with E-state index in [0.29, 0.717) is 19.1 Å². The van der Waals surface area contributed by atoms with Gasteiger partial charge in [0.25, 0.3) is 5.91 Å². The summed E-state index contributed by atoms with van der Waals surface area (Å²) < 4.78 is 13.3. The molecule has 0 bridgehead atoms. The molecule has 4 rings (SSSR count). The Hall–Kier alpha value is -3.59. The molecule has 1 heterocycles. The lowest BCUT2D eigenvalue weighted by molar-refractivity contribution is -0.145. The van der Waals surface area contributed by atoms with Crippen LogP contribution in [0.25, 0.3) is 11.1 Å². The highest BCUT2D eigenvalue weighted by molar-refractivity contribution is 5.83. The maximum Gasteiger partial charge on any atom is 0.256 e. The predicted octanol–water partition coefficient (Wildman–Crippen LogP) is 4.40. The van der Waals surface area contributed by atoms with Crippen LogP contribution in [0, 0.1) is 12.7 Å². The average Bonchev–Trinajstić information content (AvgIpc) is 3.38. The Balaban J connectivity index is 0.000000482. The highest BCUT2D eigenvalue weighted by atomic mass is 19.1. The summed E-state index contributed by atoms with van der Waals surface area (Å²) in [5, 5.41) is 10.0. The minimum absolute atomic E-state index is 0.0792. The zero-order valence-corrected chi connectivity index (χ0v) is 24.3. The minimum Gasteiger partial charge on any atom is -0.355 e. The number of aldehydes is 1. The van der Waals surface area contributed by atoms with Crippen LogP contribution in [0.2, 0.25) is 0 Å². The molecule has 3 aromatic rings. The van der Waals surface area contributed by atoms with Gasteiger partial charge in [-0.3, -0.25) is 9.80 Å². The number of benzene rings is 3. The van der Waals surface area contributed by atoms with E-state index in [1.54, 1.807) is 29.1 Å². The number of carbonyl (C=O) groups is 2. The van der Waals surface area contributed by atoms with Crippen LogP contribution in [0.3, 0.4) is 0 Å². The van der Waals surface area contributed by atoms with Crippen molar-refractivity contribution >= 4 is 17.9 Å². The molecule has 0 atom stereocenters. The Kier molecular flexibility index (Phi) is 11.8. The van der Waals surface area contributed by atoms with Crippen molar-refractivity contribution in [3.8, 4) is 11.1 Å². The predicted molar refractivity (Wildman–Crippen MR) is 160 cm³/mol. The second kappa shape index (κ2) is 15.3. The van der Waals surface area contributed by atoms with E-state index in [-0.39, 0.29) is 24.8 Å². The number of halogens is 1. The highest BCUT2D eigenvalue weighted by Crippen LogP contribution is 2.29. The second-order valence-corrected chi connectivity index (χ2v) is 10.3. The first-order valence-electron chi connectivity index (χ1n) is 13.7. The molecule has 2 N–H and O–H groups in total. The molecule has 0 spiro atoms. The van der Waals surface area contributed by atoms with Gasteiger partial charge in [0.15, 0.2) is 0 Å². The molecule has 7 nitrogen and oxygen atoms in total. The molecule has 0 radical (unpaired) electrons. The number of hydrogen-bond acceptors (Lipinski definition) is 6. The summed E-state index contributed by atoms with van der Waals surface area (Å²) >= 11 is 0. The van der Waals surface area contributed by atoms with Gasteiger partial charge in [-0.25, -0.2) is 9.40 Å². The molecular weight excluding hydrogens is 505 g/mol. The molecule has 0 aromatic heterocycles. The highest BCUT2D eigenvalue weighted by Gasteiger charge is 2.26. The first-order valence-corrected chi connectivity index (χ1v) is 13.7. The zero-order valence-electron chi connectivity index (χ0n) is 24.3. The van der Waals surface area contributed by atoms with Gasteiger partial charge in [0.1, 0.15) is 12.1 Å². The van der Waals surface area contributed by atoms with E-state index in [2.05, 4.69) is 36.6 Å². The Morgan fingerprint density at radius 2 is 1.62 bits per heavy atom. The summed E-state index contributed by atoms with van der Waals surface area (Å²) in [5.41, 5.74) is 5.99. The number of hydrazine groups is 1. The van der Waals surface area contributed by atoms with Crippen molar-refractivity contribution in [2.24, 2.45) is 0 Å². The fourth-order valence-electron chi connectivity index (χ4n) is 4.55. The molecule has 1 amide bonds. The zero-order chi connectivity index (χ0) is 29.1. The number of anilines is 1. The van der Waals surface area contributed by atoms with Gasteiger partial charge in [0.05, 0.1) is 13.1 Å². The van der Waals surface area contributed by atoms with Crippen molar-refractivity contribution in [2.45, 2.75) is 39.9 Å². The number of amides is 1. The van der Waals surface area contributed by atoms with Crippen molar-refractivity contribution in [1.82, 2.24) is 20.7 Å². The second-order valence-electron chi connectivity index (χ2n) is 10.3. The van der Waals surface area contributed by atoms with E-state index in [0.717, 1.165) is 41.8 Å². The molecular formula is C32H42FN5O2. The standard InChI is InChI=1S/C26H26FN3O2.C6H16N2/c1-19-7-8-21(20-9-11-24(27)12-10-20)15-25(19)29(13-14-31)18-26(32)28(2)30-16-22-5-3-4-6-23(22)17-30;1-6(2)8-5-4-7-3/h3-12,14-15H,13,16-18H2,1-2H3;6-8H,4-5H2,1-3H3. The van der Waals surface area contributed by atoms with Gasteiger partial charge in [0, 0.05) is 45.0 Å². The number of rotatable bonds is 11. The first-order chi connectivity index (χ1) is 19.2. The SMILES string of the molecule is CNCCNC(C)C.Cc1ccc(-c2ccc(F)cc2)cc1N(CC=O)CC(=O)N(C)N1Cc2ccccc2C1. The van der Waals surface area contributed by atoms with Crippen molar-refractivity contribution in [2.75, 3.05) is 45.2 Å². The molecule has 1 aliphatic rings. The number of fused-ring (bicyclic) bond motifs is 1. The van der Waals surface area contributed by atoms with Gasteiger partial charge in [-0.1, -0.05) is 62.4 Å². The topological polar surface area (TPSA) is 67.9 Å². The molecule has 214 valence electrons. The molecule has 8 heteroatoms. The number of nitrogens with zero attached hydrogens (tertiary/aromatic N) is 3. The summed E-state index contributed by atoms with van der Waals surface area (Å²) in [6.45, 7) is 9.92. The Morgan fingerprint density at radius 1 is 1.00 bits per heavy atom. The fraction of sp³-hybridized carbons (Fsp3) is 0.375. The van der Waals surface area contributed by atoms with Crippen molar-refractivity contribution in [1.29, 1.82) is 0 Å². The molecule has 0 saturated heterocycles. The summed E-state index contributed by atoms with van der Waals surface area (Å²) in [6.07, 6.45) is 0.809. The quantitative estimate of drug-likeness (QED) is 0.274. The molecule has 0 aliphatic carbocycles. The lowest BCUT2D eigenvalue weighted by Crippen LogP contribution is -2.46. The Morgan fingerprint density at radius 3 is 2.20 bits per heavy atom. The van der Waals surface area contributed by atoms with E-state index in [4.69, 9.17) is 0 Å². The van der Waals surface area contributed by atoms with E-state index in [1.165, 1.54) is 23.3 Å². The van der Waals surface area contributed by atoms with Crippen molar-refractivity contribution < 1.29 is 14.0 Å². The van der Waals surface area contributed by atoms with Crippen LogP contribution >= 0.6 is 0 Å². The summed E-state index contributed by atoms with van der Waals surface area (Å²) in [7, 11) is 3.73. The minimum atomic E-state index is -0.290. The van der Waals surface area contributed by atoms with Gasteiger partial charge < -0.3 is 20.3 Å². The number of nitrogens with one attached hydrogen (secondary N) is 2. The van der Waals surface area contributed by atoms with Crippen molar-refractivity contribution in [3.05, 3.63) is 89.2 Å². The summed E-state index contributed by atoms with van der Waals surface area (Å²) in [5.74, 6) is -0.382. The van der Waals surface area contributed by atoms with E-state index < -0.39 is 0 Å². The van der Waals surface area contributed by atoms with Crippen LogP contribution in [-0.4, -0.2) is 68.5 Å². The van der Waals surface area contributed by atoms with Crippen molar-refractivity contribution in [3.63, 3.8) is 0 Å². The van der Waals surface area contributed by atoms with Crippen LogP contribution in [0.1, 0.15) is 30.5 Å². The van der Waals surface area contributed by atoms with Gasteiger partial charge in [-0.15, -0.1) is 0 Å². The molecule has 3 aromatic carbocycles. The molecule has 0 saturated carbocycles. The third-order valence-corrected chi connectivity index (χ3v) is 6.89. The number of carbonyl (C=O) groups excluding carboxylic acids is 2. The van der Waals surface area contributed by atoms with Gasteiger partial charge in [-0.2, -0.15) is 0 Å². The van der Waals surface area contributed by atoms with Crippen LogP contribution < -0.4 is 15.5 Å². The molecule has 0 fully saturated rings. The number of likely N-dealkylation sites (N-methyl/N-ethyl adjacent to an activating group) is 2. The monoisotopic (exact) mass is 547 g/mol. The lowest BCUT2D eigenvalue weighted by Gasteiger charge is -2.31. The third kappa shape index (κ3) is 8.71. The number of hydrogen-bond donors (Lipinski definition) is 2. The molecule has 1 aliphatic heterocycles. The van der Waals surface area contributed by atoms with Crippen LogP contribution in [0.5, 0.6) is 0 Å². The largest absolute Gasteiger partial charge is 0.355 e. The van der Waals surface area contributed by atoms with Gasteiger partial charge in [-0.05, 0) is 60.0 Å². The van der Waals surface area contributed by atoms with Gasteiger partial charge >= 0.3 is 0 Å².